The van der Waals surface area contributed by atoms with Crippen molar-refractivity contribution in [3.05, 3.63) is 0 Å². The maximum atomic E-state index is 12.8. The number of rotatable bonds is 25. The molecular weight excluding hydrogens is 450 g/mol. The van der Waals surface area contributed by atoms with E-state index in [1.807, 2.05) is 6.92 Å². The highest BCUT2D eigenvalue weighted by atomic mass is 16.3. The second-order valence-electron chi connectivity index (χ2n) is 10.8. The molecule has 214 valence electrons. The fourth-order valence-corrected chi connectivity index (χ4v) is 4.83. The number of nitrogens with two attached hydrogens (primary N) is 1. The van der Waals surface area contributed by atoms with Crippen LogP contribution in [-0.2, 0) is 9.59 Å². The van der Waals surface area contributed by atoms with Gasteiger partial charge in [-0.05, 0) is 25.7 Å². The standard InChI is InChI=1S/C30H61N3O3/c1-5-9-11-13-15-17-19-21-23-25-27(34)32-30(8-4,29(31,36)7-3)33-28(35)26-24-22-20-18-16-14-12-10-6-2/h36H,5-26,31H2,1-4H3,(H,32,34)(H,33,35). The zero-order valence-electron chi connectivity index (χ0n) is 24.4. The Balaban J connectivity index is 4.47. The van der Waals surface area contributed by atoms with Gasteiger partial charge in [-0.15, -0.1) is 0 Å². The molecule has 0 aliphatic carbocycles. The summed E-state index contributed by atoms with van der Waals surface area (Å²) in [6.07, 6.45) is 22.6. The summed E-state index contributed by atoms with van der Waals surface area (Å²) in [6.45, 7) is 8.07. The molecule has 0 rings (SSSR count). The lowest BCUT2D eigenvalue weighted by Gasteiger charge is -2.45. The van der Waals surface area contributed by atoms with Gasteiger partial charge in [0.25, 0.3) is 0 Å². The van der Waals surface area contributed by atoms with E-state index in [4.69, 9.17) is 5.73 Å². The van der Waals surface area contributed by atoms with E-state index < -0.39 is 11.4 Å². The van der Waals surface area contributed by atoms with Crippen LogP contribution in [0.2, 0.25) is 0 Å². The Hall–Kier alpha value is -1.14. The first-order valence-corrected chi connectivity index (χ1v) is 15.4. The van der Waals surface area contributed by atoms with Gasteiger partial charge >= 0.3 is 0 Å². The minimum atomic E-state index is -1.72. The molecule has 0 aromatic carbocycles. The fourth-order valence-electron chi connectivity index (χ4n) is 4.83. The van der Waals surface area contributed by atoms with E-state index >= 15 is 0 Å². The Labute approximate surface area is 223 Å². The first kappa shape index (κ1) is 34.9. The molecule has 0 heterocycles. The molecule has 2 amide bonds. The van der Waals surface area contributed by atoms with Crippen molar-refractivity contribution >= 4 is 11.8 Å². The molecule has 0 bridgehead atoms. The SMILES string of the molecule is CCCCCCCCCCCC(=O)NC(CC)(NC(=O)CCCCCCCCCCC)C(N)(O)CC. The van der Waals surface area contributed by atoms with Crippen molar-refractivity contribution in [1.29, 1.82) is 0 Å². The van der Waals surface area contributed by atoms with E-state index in [2.05, 4.69) is 24.5 Å². The van der Waals surface area contributed by atoms with Crippen LogP contribution in [-0.4, -0.2) is 28.3 Å². The molecule has 1 atom stereocenters. The zero-order chi connectivity index (χ0) is 27.1. The average Bonchev–Trinajstić information content (AvgIpc) is 2.86. The van der Waals surface area contributed by atoms with Crippen LogP contribution in [0.3, 0.4) is 0 Å². The van der Waals surface area contributed by atoms with Gasteiger partial charge in [-0.3, -0.25) is 9.59 Å². The third-order valence-corrected chi connectivity index (χ3v) is 7.53. The second kappa shape index (κ2) is 21.9. The predicted octanol–water partition coefficient (Wildman–Crippen LogP) is 7.22. The minimum Gasteiger partial charge on any atom is -0.372 e. The van der Waals surface area contributed by atoms with Crippen LogP contribution < -0.4 is 16.4 Å². The molecule has 5 N–H and O–H groups in total. The first-order chi connectivity index (χ1) is 17.3. The molecule has 0 aromatic heterocycles. The monoisotopic (exact) mass is 511 g/mol. The number of hydrogen-bond donors (Lipinski definition) is 4. The maximum absolute atomic E-state index is 12.8. The van der Waals surface area contributed by atoms with Gasteiger partial charge in [0.15, 0.2) is 11.4 Å². The fraction of sp³-hybridized carbons (Fsp3) is 0.933. The van der Waals surface area contributed by atoms with E-state index in [-0.39, 0.29) is 18.2 Å². The van der Waals surface area contributed by atoms with Crippen molar-refractivity contribution in [1.82, 2.24) is 10.6 Å². The second-order valence-corrected chi connectivity index (χ2v) is 10.8. The van der Waals surface area contributed by atoms with Crippen molar-refractivity contribution in [3.8, 4) is 0 Å². The number of carbonyl (C=O) groups excluding carboxylic acids is 2. The number of amides is 2. The first-order valence-electron chi connectivity index (χ1n) is 15.4. The summed E-state index contributed by atoms with van der Waals surface area (Å²) in [5, 5.41) is 16.8. The van der Waals surface area contributed by atoms with E-state index in [1.165, 1.54) is 77.0 Å². The summed E-state index contributed by atoms with van der Waals surface area (Å²) in [6, 6.07) is 0. The molecule has 1 unspecified atom stereocenters. The van der Waals surface area contributed by atoms with E-state index in [0.29, 0.717) is 19.3 Å². The third-order valence-electron chi connectivity index (χ3n) is 7.53. The van der Waals surface area contributed by atoms with Crippen LogP contribution in [0.5, 0.6) is 0 Å². The highest BCUT2D eigenvalue weighted by Crippen LogP contribution is 2.23. The van der Waals surface area contributed by atoms with Crippen LogP contribution in [0.15, 0.2) is 0 Å². The van der Waals surface area contributed by atoms with Gasteiger partial charge in [0.2, 0.25) is 11.8 Å². The van der Waals surface area contributed by atoms with Crippen molar-refractivity contribution in [2.24, 2.45) is 5.73 Å². The molecule has 0 aromatic rings. The summed E-state index contributed by atoms with van der Waals surface area (Å²) in [7, 11) is 0. The van der Waals surface area contributed by atoms with Crippen LogP contribution in [0.4, 0.5) is 0 Å². The molecule has 6 heteroatoms. The van der Waals surface area contributed by atoms with Gasteiger partial charge in [0.05, 0.1) is 0 Å². The van der Waals surface area contributed by atoms with Crippen molar-refractivity contribution in [2.75, 3.05) is 0 Å². The normalized spacial score (nSPS) is 13.4. The molecule has 0 radical (unpaired) electrons. The van der Waals surface area contributed by atoms with Gasteiger partial charge in [-0.25, -0.2) is 0 Å². The van der Waals surface area contributed by atoms with Gasteiger partial charge in [-0.1, -0.05) is 130 Å². The summed E-state index contributed by atoms with van der Waals surface area (Å²) in [5.41, 5.74) is 3.15. The van der Waals surface area contributed by atoms with Crippen molar-refractivity contribution < 1.29 is 14.7 Å². The Morgan fingerprint density at radius 1 is 0.556 bits per heavy atom. The predicted molar refractivity (Wildman–Crippen MR) is 152 cm³/mol. The third kappa shape index (κ3) is 15.9. The molecule has 0 aliphatic heterocycles. The minimum absolute atomic E-state index is 0.166. The quantitative estimate of drug-likeness (QED) is 0.0766. The molecular formula is C30H61N3O3. The largest absolute Gasteiger partial charge is 0.372 e. The van der Waals surface area contributed by atoms with Gasteiger partial charge in [0.1, 0.15) is 0 Å². The van der Waals surface area contributed by atoms with Crippen LogP contribution in [0.25, 0.3) is 0 Å². The number of hydrogen-bond acceptors (Lipinski definition) is 4. The smallest absolute Gasteiger partial charge is 0.221 e. The molecule has 6 nitrogen and oxygen atoms in total. The van der Waals surface area contributed by atoms with Crippen LogP contribution in [0.1, 0.15) is 169 Å². The highest BCUT2D eigenvalue weighted by Gasteiger charge is 2.47. The molecule has 0 fully saturated rings. The molecule has 36 heavy (non-hydrogen) atoms. The van der Waals surface area contributed by atoms with Crippen LogP contribution >= 0.6 is 0 Å². The van der Waals surface area contributed by atoms with Gasteiger partial charge < -0.3 is 21.5 Å². The molecule has 0 aliphatic rings. The highest BCUT2D eigenvalue weighted by molar-refractivity contribution is 5.80. The molecule has 0 saturated carbocycles. The molecule has 0 spiro atoms. The van der Waals surface area contributed by atoms with Crippen molar-refractivity contribution in [3.63, 3.8) is 0 Å². The topological polar surface area (TPSA) is 104 Å². The maximum Gasteiger partial charge on any atom is 0.221 e. The Morgan fingerprint density at radius 2 is 0.861 bits per heavy atom. The number of unbranched alkanes of at least 4 members (excludes halogenated alkanes) is 16. The summed E-state index contributed by atoms with van der Waals surface area (Å²) >= 11 is 0. The summed E-state index contributed by atoms with van der Waals surface area (Å²) in [5.74, 6) is -0.332. The van der Waals surface area contributed by atoms with E-state index in [1.54, 1.807) is 6.92 Å². The van der Waals surface area contributed by atoms with Gasteiger partial charge in [0, 0.05) is 12.8 Å². The Bertz CT molecular complexity index is 516. The van der Waals surface area contributed by atoms with Crippen molar-refractivity contribution in [2.45, 2.75) is 180 Å². The lowest BCUT2D eigenvalue weighted by molar-refractivity contribution is -0.139. The average molecular weight is 512 g/mol. The zero-order valence-corrected chi connectivity index (χ0v) is 24.4. The lowest BCUT2D eigenvalue weighted by atomic mass is 9.90. The lowest BCUT2D eigenvalue weighted by Crippen LogP contribution is -2.76. The van der Waals surface area contributed by atoms with E-state index in [9.17, 15) is 14.7 Å². The number of carbonyl (C=O) groups is 2. The van der Waals surface area contributed by atoms with E-state index in [0.717, 1.165) is 38.5 Å². The number of nitrogens with one attached hydrogen (secondary N) is 2. The number of aliphatic hydroxyl groups is 1. The molecule has 0 saturated heterocycles. The Morgan fingerprint density at radius 3 is 1.14 bits per heavy atom. The Kier molecular flexibility index (Phi) is 21.2. The van der Waals surface area contributed by atoms with Gasteiger partial charge in [-0.2, -0.15) is 0 Å². The summed E-state index contributed by atoms with van der Waals surface area (Å²) < 4.78 is 0. The summed E-state index contributed by atoms with van der Waals surface area (Å²) in [4.78, 5) is 25.5. The van der Waals surface area contributed by atoms with Crippen LogP contribution in [0, 0.1) is 0 Å².